The fourth-order valence-electron chi connectivity index (χ4n) is 1.97. The molecule has 0 amide bonds. The summed E-state index contributed by atoms with van der Waals surface area (Å²) in [4.78, 5) is 15.8. The first kappa shape index (κ1) is 14.3. The van der Waals surface area contributed by atoms with Crippen molar-refractivity contribution in [1.82, 2.24) is 4.98 Å². The summed E-state index contributed by atoms with van der Waals surface area (Å²) in [5.41, 5.74) is 1.85. The Kier molecular flexibility index (Phi) is 4.16. The molecule has 0 unspecified atom stereocenters. The Morgan fingerprint density at radius 2 is 1.68 bits per heavy atom. The Balaban J connectivity index is 1.86. The van der Waals surface area contributed by atoms with Crippen LogP contribution in [0, 0.1) is 0 Å². The van der Waals surface area contributed by atoms with E-state index in [0.717, 1.165) is 22.5 Å². The van der Waals surface area contributed by atoms with E-state index in [4.69, 9.17) is 4.74 Å². The summed E-state index contributed by atoms with van der Waals surface area (Å²) in [6, 6.07) is 19.1. The molecule has 0 aliphatic carbocycles. The van der Waals surface area contributed by atoms with Gasteiger partial charge >= 0.3 is 5.97 Å². The van der Waals surface area contributed by atoms with Crippen molar-refractivity contribution in [3.8, 4) is 16.5 Å². The van der Waals surface area contributed by atoms with E-state index < -0.39 is 5.97 Å². The summed E-state index contributed by atoms with van der Waals surface area (Å²) in [7, 11) is 0. The Morgan fingerprint density at radius 3 is 2.32 bits per heavy atom. The number of hydrogen-bond donors (Lipinski definition) is 1. The van der Waals surface area contributed by atoms with Crippen molar-refractivity contribution in [3.05, 3.63) is 71.1 Å². The highest BCUT2D eigenvalue weighted by Gasteiger charge is 2.19. The molecule has 3 rings (SSSR count). The van der Waals surface area contributed by atoms with Crippen LogP contribution in [0.3, 0.4) is 0 Å². The van der Waals surface area contributed by atoms with E-state index in [1.807, 2.05) is 60.7 Å². The lowest BCUT2D eigenvalue weighted by atomic mass is 10.2. The molecule has 22 heavy (non-hydrogen) atoms. The van der Waals surface area contributed by atoms with Gasteiger partial charge in [-0.05, 0) is 5.56 Å². The van der Waals surface area contributed by atoms with Crippen LogP contribution in [-0.4, -0.2) is 16.1 Å². The van der Waals surface area contributed by atoms with Crippen molar-refractivity contribution < 1.29 is 14.6 Å². The molecule has 110 valence electrons. The SMILES string of the molecule is O=C(O)c1sc(-c2ccccc2)nc1OCc1ccccc1. The standard InChI is InChI=1S/C17H13NO3S/c19-17(20)14-15(21-11-12-7-3-1-4-8-12)18-16(22-14)13-9-5-2-6-10-13/h1-10H,11H2,(H,19,20). The van der Waals surface area contributed by atoms with Crippen LogP contribution in [0.2, 0.25) is 0 Å². The minimum atomic E-state index is -1.03. The Morgan fingerprint density at radius 1 is 1.05 bits per heavy atom. The molecule has 3 aromatic rings. The molecular weight excluding hydrogens is 298 g/mol. The third-order valence-electron chi connectivity index (χ3n) is 3.03. The molecule has 0 aliphatic rings. The lowest BCUT2D eigenvalue weighted by Gasteiger charge is -2.03. The summed E-state index contributed by atoms with van der Waals surface area (Å²) < 4.78 is 5.61. The van der Waals surface area contributed by atoms with Crippen molar-refractivity contribution >= 4 is 17.3 Å². The lowest BCUT2D eigenvalue weighted by Crippen LogP contribution is -2.01. The number of ether oxygens (including phenoxy) is 1. The highest BCUT2D eigenvalue weighted by Crippen LogP contribution is 2.32. The molecular formula is C17H13NO3S. The van der Waals surface area contributed by atoms with Crippen LogP contribution in [-0.2, 0) is 6.61 Å². The minimum absolute atomic E-state index is 0.120. The second kappa shape index (κ2) is 6.41. The van der Waals surface area contributed by atoms with Crippen LogP contribution in [0.1, 0.15) is 15.2 Å². The number of carboxylic acid groups (broad SMARTS) is 1. The van der Waals surface area contributed by atoms with Crippen LogP contribution >= 0.6 is 11.3 Å². The molecule has 2 aromatic carbocycles. The van der Waals surface area contributed by atoms with E-state index in [-0.39, 0.29) is 10.8 Å². The first-order valence-electron chi connectivity index (χ1n) is 6.70. The first-order valence-corrected chi connectivity index (χ1v) is 7.52. The fraction of sp³-hybridized carbons (Fsp3) is 0.0588. The zero-order chi connectivity index (χ0) is 15.4. The van der Waals surface area contributed by atoms with Crippen molar-refractivity contribution in [2.75, 3.05) is 0 Å². The third-order valence-corrected chi connectivity index (χ3v) is 4.10. The van der Waals surface area contributed by atoms with Gasteiger partial charge in [-0.3, -0.25) is 0 Å². The zero-order valence-corrected chi connectivity index (χ0v) is 12.4. The van der Waals surface area contributed by atoms with E-state index in [2.05, 4.69) is 4.98 Å². The number of hydrogen-bond acceptors (Lipinski definition) is 4. The summed E-state index contributed by atoms with van der Waals surface area (Å²) in [6.07, 6.45) is 0. The van der Waals surface area contributed by atoms with Gasteiger partial charge in [0.1, 0.15) is 11.6 Å². The topological polar surface area (TPSA) is 59.4 Å². The number of rotatable bonds is 5. The molecule has 0 saturated carbocycles. The summed E-state index contributed by atoms with van der Waals surface area (Å²) in [5, 5.41) is 9.95. The second-order valence-corrected chi connectivity index (χ2v) is 5.60. The zero-order valence-electron chi connectivity index (χ0n) is 11.6. The number of carbonyl (C=O) groups is 1. The van der Waals surface area contributed by atoms with E-state index in [1.54, 1.807) is 0 Å². The molecule has 0 atom stereocenters. The monoisotopic (exact) mass is 311 g/mol. The molecule has 1 N–H and O–H groups in total. The summed E-state index contributed by atoms with van der Waals surface area (Å²) >= 11 is 1.12. The van der Waals surface area contributed by atoms with Crippen molar-refractivity contribution in [2.24, 2.45) is 0 Å². The van der Waals surface area contributed by atoms with Crippen molar-refractivity contribution in [2.45, 2.75) is 6.61 Å². The van der Waals surface area contributed by atoms with Gasteiger partial charge in [-0.25, -0.2) is 9.78 Å². The van der Waals surface area contributed by atoms with Gasteiger partial charge in [0, 0.05) is 5.56 Å². The number of benzene rings is 2. The van der Waals surface area contributed by atoms with Gasteiger partial charge < -0.3 is 9.84 Å². The quantitative estimate of drug-likeness (QED) is 0.771. The van der Waals surface area contributed by atoms with Gasteiger partial charge in [-0.2, -0.15) is 0 Å². The van der Waals surface area contributed by atoms with E-state index in [0.29, 0.717) is 11.6 Å². The van der Waals surface area contributed by atoms with Gasteiger partial charge in [0.25, 0.3) is 0 Å². The Labute approximate surface area is 131 Å². The van der Waals surface area contributed by atoms with Crippen LogP contribution in [0.4, 0.5) is 0 Å². The molecule has 4 nitrogen and oxygen atoms in total. The van der Waals surface area contributed by atoms with Crippen molar-refractivity contribution in [1.29, 1.82) is 0 Å². The Bertz CT molecular complexity index is 769. The largest absolute Gasteiger partial charge is 0.477 e. The van der Waals surface area contributed by atoms with Crippen molar-refractivity contribution in [3.63, 3.8) is 0 Å². The highest BCUT2D eigenvalue weighted by atomic mass is 32.1. The molecule has 0 aliphatic heterocycles. The maximum Gasteiger partial charge on any atom is 0.351 e. The molecule has 0 saturated heterocycles. The Hall–Kier alpha value is -2.66. The number of aromatic nitrogens is 1. The van der Waals surface area contributed by atoms with E-state index in [9.17, 15) is 9.90 Å². The smallest absolute Gasteiger partial charge is 0.351 e. The van der Waals surface area contributed by atoms with Gasteiger partial charge in [-0.1, -0.05) is 60.7 Å². The third kappa shape index (κ3) is 3.15. The normalized spacial score (nSPS) is 10.4. The first-order chi connectivity index (χ1) is 10.7. The van der Waals surface area contributed by atoms with Gasteiger partial charge in [-0.15, -0.1) is 11.3 Å². The maximum atomic E-state index is 11.4. The number of nitrogens with zero attached hydrogens (tertiary/aromatic N) is 1. The number of aromatic carboxylic acids is 1. The van der Waals surface area contributed by atoms with Gasteiger partial charge in [0.2, 0.25) is 5.88 Å². The maximum absolute atomic E-state index is 11.4. The molecule has 0 bridgehead atoms. The predicted octanol–water partition coefficient (Wildman–Crippen LogP) is 4.09. The second-order valence-electron chi connectivity index (χ2n) is 4.60. The summed E-state index contributed by atoms with van der Waals surface area (Å²) in [5.74, 6) is -0.858. The summed E-state index contributed by atoms with van der Waals surface area (Å²) in [6.45, 7) is 0.291. The van der Waals surface area contributed by atoms with E-state index >= 15 is 0 Å². The molecule has 0 radical (unpaired) electrons. The average molecular weight is 311 g/mol. The molecule has 0 spiro atoms. The van der Waals surface area contributed by atoms with Gasteiger partial charge in [0.05, 0.1) is 0 Å². The number of carboxylic acids is 1. The average Bonchev–Trinajstić information content (AvgIpc) is 2.99. The van der Waals surface area contributed by atoms with Crippen LogP contribution < -0.4 is 4.74 Å². The van der Waals surface area contributed by atoms with Crippen LogP contribution in [0.15, 0.2) is 60.7 Å². The van der Waals surface area contributed by atoms with Crippen LogP contribution in [0.5, 0.6) is 5.88 Å². The molecule has 5 heteroatoms. The lowest BCUT2D eigenvalue weighted by molar-refractivity contribution is 0.0697. The van der Waals surface area contributed by atoms with E-state index in [1.165, 1.54) is 0 Å². The predicted molar refractivity (Wildman–Crippen MR) is 85.3 cm³/mol. The minimum Gasteiger partial charge on any atom is -0.477 e. The molecule has 1 aromatic heterocycles. The van der Waals surface area contributed by atoms with Gasteiger partial charge in [0.15, 0.2) is 4.88 Å². The molecule has 1 heterocycles. The highest BCUT2D eigenvalue weighted by molar-refractivity contribution is 7.17. The number of thiazole rings is 1. The van der Waals surface area contributed by atoms with Crippen LogP contribution in [0.25, 0.3) is 10.6 Å². The molecule has 0 fully saturated rings. The fourth-order valence-corrected chi connectivity index (χ4v) is 2.82.